The van der Waals surface area contributed by atoms with Crippen molar-refractivity contribution in [2.45, 2.75) is 24.2 Å². The summed E-state index contributed by atoms with van der Waals surface area (Å²) in [6.45, 7) is 4.53. The molecule has 0 amide bonds. The highest BCUT2D eigenvalue weighted by molar-refractivity contribution is 14.1. The van der Waals surface area contributed by atoms with E-state index in [4.69, 9.17) is 0 Å². The summed E-state index contributed by atoms with van der Waals surface area (Å²) in [4.78, 5) is 0. The van der Waals surface area contributed by atoms with E-state index in [9.17, 15) is 0 Å². The first kappa shape index (κ1) is 6.59. The van der Waals surface area contributed by atoms with Crippen molar-refractivity contribution in [3.8, 4) is 0 Å². The first-order valence-electron chi connectivity index (χ1n) is 3.02. The van der Waals surface area contributed by atoms with Crippen LogP contribution in [0.4, 0.5) is 0 Å². The highest BCUT2D eigenvalue weighted by Gasteiger charge is 2.19. The minimum atomic E-state index is 0.829. The number of halogens is 1. The molecule has 1 aliphatic rings. The molecular formula is C7H11I. The zero-order valence-electron chi connectivity index (χ0n) is 5.32. The highest BCUT2D eigenvalue weighted by atomic mass is 127. The normalized spacial score (nSPS) is 37.6. The third-order valence-corrected chi connectivity index (χ3v) is 3.51. The molecule has 0 N–H and O–H groups in total. The van der Waals surface area contributed by atoms with E-state index in [1.165, 1.54) is 6.42 Å². The van der Waals surface area contributed by atoms with Crippen molar-refractivity contribution in [2.24, 2.45) is 5.92 Å². The number of hydrogen-bond acceptors (Lipinski definition) is 0. The average molecular weight is 222 g/mol. The Kier molecular flexibility index (Phi) is 1.96. The average Bonchev–Trinajstić information content (AvgIpc) is 1.98. The summed E-state index contributed by atoms with van der Waals surface area (Å²) < 4.78 is 0.868. The molecule has 0 radical (unpaired) electrons. The van der Waals surface area contributed by atoms with Crippen LogP contribution in [0.15, 0.2) is 11.6 Å². The van der Waals surface area contributed by atoms with Crippen LogP contribution >= 0.6 is 22.6 Å². The summed E-state index contributed by atoms with van der Waals surface area (Å²) in [5.41, 5.74) is 1.57. The molecule has 0 spiro atoms. The Bertz CT molecular complexity index is 116. The van der Waals surface area contributed by atoms with Crippen LogP contribution in [-0.4, -0.2) is 3.92 Å². The van der Waals surface area contributed by atoms with Crippen LogP contribution < -0.4 is 0 Å². The predicted molar refractivity (Wildman–Crippen MR) is 45.3 cm³/mol. The van der Waals surface area contributed by atoms with Gasteiger partial charge in [-0.3, -0.25) is 0 Å². The maximum absolute atomic E-state index is 2.52. The zero-order valence-corrected chi connectivity index (χ0v) is 7.47. The molecule has 8 heavy (non-hydrogen) atoms. The van der Waals surface area contributed by atoms with Gasteiger partial charge in [-0.25, -0.2) is 0 Å². The van der Waals surface area contributed by atoms with E-state index in [0.29, 0.717) is 0 Å². The van der Waals surface area contributed by atoms with Gasteiger partial charge >= 0.3 is 0 Å². The van der Waals surface area contributed by atoms with Crippen molar-refractivity contribution < 1.29 is 0 Å². The molecule has 0 saturated heterocycles. The Morgan fingerprint density at radius 2 is 2.38 bits per heavy atom. The summed E-state index contributed by atoms with van der Waals surface area (Å²) in [6.07, 6.45) is 3.63. The molecule has 0 fully saturated rings. The number of rotatable bonds is 0. The highest BCUT2D eigenvalue weighted by Crippen LogP contribution is 2.30. The van der Waals surface area contributed by atoms with Crippen LogP contribution in [0.2, 0.25) is 0 Å². The van der Waals surface area contributed by atoms with Gasteiger partial charge in [-0.2, -0.15) is 0 Å². The van der Waals surface area contributed by atoms with Gasteiger partial charge < -0.3 is 0 Å². The Hall–Kier alpha value is 0.470. The maximum Gasteiger partial charge on any atom is 0.0207 e. The summed E-state index contributed by atoms with van der Waals surface area (Å²) >= 11 is 2.52. The fourth-order valence-electron chi connectivity index (χ4n) is 0.974. The summed E-state index contributed by atoms with van der Waals surface area (Å²) in [5.74, 6) is 0.829. The van der Waals surface area contributed by atoms with Gasteiger partial charge in [0, 0.05) is 3.92 Å². The van der Waals surface area contributed by atoms with Crippen molar-refractivity contribution in [1.29, 1.82) is 0 Å². The molecule has 1 heteroatoms. The van der Waals surface area contributed by atoms with Crippen LogP contribution in [0.1, 0.15) is 20.3 Å². The van der Waals surface area contributed by atoms with Gasteiger partial charge in [0.15, 0.2) is 0 Å². The molecular weight excluding hydrogens is 211 g/mol. The third kappa shape index (κ3) is 1.07. The van der Waals surface area contributed by atoms with E-state index in [2.05, 4.69) is 42.5 Å². The number of allylic oxidation sites excluding steroid dienone is 2. The molecule has 0 aromatic rings. The first-order chi connectivity index (χ1) is 3.72. The topological polar surface area (TPSA) is 0 Å². The standard InChI is InChI=1S/C7H11I/c1-5-3-4-7(8)6(5)2/h3,6-7H,4H2,1-2H3/t6?,7-/m0/s1. The zero-order chi connectivity index (χ0) is 6.15. The molecule has 0 heterocycles. The van der Waals surface area contributed by atoms with Gasteiger partial charge in [0.05, 0.1) is 0 Å². The van der Waals surface area contributed by atoms with E-state index in [1.807, 2.05) is 0 Å². The van der Waals surface area contributed by atoms with Crippen LogP contribution in [0.5, 0.6) is 0 Å². The van der Waals surface area contributed by atoms with E-state index >= 15 is 0 Å². The SMILES string of the molecule is CC1=CC[C@H](I)C1C. The minimum absolute atomic E-state index is 0.829. The van der Waals surface area contributed by atoms with Crippen LogP contribution in [-0.2, 0) is 0 Å². The molecule has 0 nitrogen and oxygen atoms in total. The second-order valence-electron chi connectivity index (χ2n) is 2.49. The van der Waals surface area contributed by atoms with Gasteiger partial charge in [-0.05, 0) is 19.3 Å². The monoisotopic (exact) mass is 222 g/mol. The Balaban J connectivity index is 2.59. The van der Waals surface area contributed by atoms with Crippen molar-refractivity contribution in [2.75, 3.05) is 0 Å². The fourth-order valence-corrected chi connectivity index (χ4v) is 1.80. The molecule has 1 aliphatic carbocycles. The summed E-state index contributed by atoms with van der Waals surface area (Å²) in [5, 5.41) is 0. The van der Waals surface area contributed by atoms with Crippen molar-refractivity contribution in [1.82, 2.24) is 0 Å². The van der Waals surface area contributed by atoms with Gasteiger partial charge in [0.25, 0.3) is 0 Å². The molecule has 0 bridgehead atoms. The number of hydrogen-bond donors (Lipinski definition) is 0. The third-order valence-electron chi connectivity index (χ3n) is 1.93. The lowest BCUT2D eigenvalue weighted by molar-refractivity contribution is 0.709. The lowest BCUT2D eigenvalue weighted by Gasteiger charge is -2.07. The van der Waals surface area contributed by atoms with Gasteiger partial charge in [0.1, 0.15) is 0 Å². The Labute approximate surface area is 64.5 Å². The molecule has 1 unspecified atom stereocenters. The molecule has 0 aliphatic heterocycles. The van der Waals surface area contributed by atoms with Crippen LogP contribution in [0.3, 0.4) is 0 Å². The lowest BCUT2D eigenvalue weighted by Crippen LogP contribution is -2.03. The molecule has 2 atom stereocenters. The molecule has 0 aromatic heterocycles. The summed E-state index contributed by atoms with van der Waals surface area (Å²) in [6, 6.07) is 0. The van der Waals surface area contributed by atoms with E-state index in [-0.39, 0.29) is 0 Å². The molecule has 0 aromatic carbocycles. The van der Waals surface area contributed by atoms with Gasteiger partial charge in [-0.1, -0.05) is 41.2 Å². The smallest absolute Gasteiger partial charge is 0.0207 e. The van der Waals surface area contributed by atoms with Gasteiger partial charge in [0.2, 0.25) is 0 Å². The Morgan fingerprint density at radius 1 is 1.75 bits per heavy atom. The second-order valence-corrected chi connectivity index (χ2v) is 4.09. The fraction of sp³-hybridized carbons (Fsp3) is 0.714. The molecule has 46 valence electrons. The van der Waals surface area contributed by atoms with Crippen LogP contribution in [0.25, 0.3) is 0 Å². The molecule has 0 saturated carbocycles. The van der Waals surface area contributed by atoms with Gasteiger partial charge in [-0.15, -0.1) is 0 Å². The minimum Gasteiger partial charge on any atom is -0.0842 e. The van der Waals surface area contributed by atoms with Crippen molar-refractivity contribution >= 4 is 22.6 Å². The lowest BCUT2D eigenvalue weighted by atomic mass is 10.1. The molecule has 1 rings (SSSR count). The van der Waals surface area contributed by atoms with Crippen LogP contribution in [0, 0.1) is 5.92 Å². The predicted octanol–water partition coefficient (Wildman–Crippen LogP) is 2.78. The number of alkyl halides is 1. The second kappa shape index (κ2) is 2.38. The maximum atomic E-state index is 2.52. The quantitative estimate of drug-likeness (QED) is 0.336. The van der Waals surface area contributed by atoms with E-state index in [1.54, 1.807) is 5.57 Å². The largest absolute Gasteiger partial charge is 0.0842 e. The van der Waals surface area contributed by atoms with Crippen molar-refractivity contribution in [3.05, 3.63) is 11.6 Å². The van der Waals surface area contributed by atoms with Crippen molar-refractivity contribution in [3.63, 3.8) is 0 Å². The van der Waals surface area contributed by atoms with E-state index < -0.39 is 0 Å². The van der Waals surface area contributed by atoms with E-state index in [0.717, 1.165) is 9.84 Å². The first-order valence-corrected chi connectivity index (χ1v) is 4.27. The Morgan fingerprint density at radius 3 is 2.50 bits per heavy atom. The summed E-state index contributed by atoms with van der Waals surface area (Å²) in [7, 11) is 0.